The lowest BCUT2D eigenvalue weighted by atomic mass is 10.1. The number of anilines is 1. The number of carboxylic acid groups (broad SMARTS) is 1. The van der Waals surface area contributed by atoms with Gasteiger partial charge in [0.15, 0.2) is 0 Å². The van der Waals surface area contributed by atoms with Gasteiger partial charge in [-0.3, -0.25) is 4.79 Å². The number of sulfonamides is 1. The van der Waals surface area contributed by atoms with E-state index in [1.807, 2.05) is 6.92 Å². The molecular formula is C19H20N2O5S. The minimum absolute atomic E-state index is 0.0446. The van der Waals surface area contributed by atoms with Crippen molar-refractivity contribution >= 4 is 27.6 Å². The van der Waals surface area contributed by atoms with Crippen LogP contribution < -0.4 is 5.32 Å². The van der Waals surface area contributed by atoms with Gasteiger partial charge in [0.1, 0.15) is 6.04 Å². The monoisotopic (exact) mass is 388 g/mol. The van der Waals surface area contributed by atoms with Crippen molar-refractivity contribution in [1.82, 2.24) is 4.31 Å². The standard InChI is InChI=1S/C19H20N2O5S/c1-13-8-10-14(11-9-13)27(25,26)21-12-4-7-17(21)18(22)20-16-6-3-2-5-15(16)19(23)24/h2-3,5-6,8-11,17H,4,7,12H2,1H3,(H,20,22)(H,23,24)/t17-/m0/s1. The van der Waals surface area contributed by atoms with E-state index in [-0.39, 0.29) is 22.7 Å². The molecule has 8 heteroatoms. The van der Waals surface area contributed by atoms with Gasteiger partial charge in [-0.25, -0.2) is 13.2 Å². The number of amides is 1. The fraction of sp³-hybridized carbons (Fsp3) is 0.263. The molecule has 2 aromatic rings. The summed E-state index contributed by atoms with van der Waals surface area (Å²) in [6.07, 6.45) is 0.940. The number of carboxylic acids is 1. The Hall–Kier alpha value is -2.71. The summed E-state index contributed by atoms with van der Waals surface area (Å²) in [5.41, 5.74) is 1.04. The highest BCUT2D eigenvalue weighted by Crippen LogP contribution is 2.27. The zero-order valence-electron chi connectivity index (χ0n) is 14.8. The SMILES string of the molecule is Cc1ccc(S(=O)(=O)N2CCC[C@H]2C(=O)Nc2ccccc2C(=O)O)cc1. The molecule has 0 saturated carbocycles. The van der Waals surface area contributed by atoms with Crippen LogP contribution in [-0.4, -0.2) is 42.3 Å². The highest BCUT2D eigenvalue weighted by Gasteiger charge is 2.39. The first-order chi connectivity index (χ1) is 12.8. The maximum atomic E-state index is 12.9. The van der Waals surface area contributed by atoms with Crippen LogP contribution in [0.2, 0.25) is 0 Å². The largest absolute Gasteiger partial charge is 0.478 e. The number of hydrogen-bond acceptors (Lipinski definition) is 4. The normalized spacial score (nSPS) is 17.6. The zero-order chi connectivity index (χ0) is 19.6. The molecule has 2 aromatic carbocycles. The quantitative estimate of drug-likeness (QED) is 0.819. The van der Waals surface area contributed by atoms with E-state index >= 15 is 0 Å². The minimum Gasteiger partial charge on any atom is -0.478 e. The van der Waals surface area contributed by atoms with Crippen molar-refractivity contribution in [1.29, 1.82) is 0 Å². The van der Waals surface area contributed by atoms with Gasteiger partial charge in [0, 0.05) is 6.54 Å². The second-order valence-electron chi connectivity index (χ2n) is 6.43. The van der Waals surface area contributed by atoms with Gasteiger partial charge >= 0.3 is 5.97 Å². The Balaban J connectivity index is 1.85. The summed E-state index contributed by atoms with van der Waals surface area (Å²) in [5.74, 6) is -1.70. The van der Waals surface area contributed by atoms with Crippen LogP contribution in [0.4, 0.5) is 5.69 Å². The lowest BCUT2D eigenvalue weighted by Gasteiger charge is -2.23. The second-order valence-corrected chi connectivity index (χ2v) is 8.32. The first-order valence-corrected chi connectivity index (χ1v) is 9.96. The zero-order valence-corrected chi connectivity index (χ0v) is 15.6. The van der Waals surface area contributed by atoms with Gasteiger partial charge in [0.25, 0.3) is 0 Å². The van der Waals surface area contributed by atoms with Gasteiger partial charge < -0.3 is 10.4 Å². The van der Waals surface area contributed by atoms with Crippen molar-refractivity contribution in [3.63, 3.8) is 0 Å². The summed E-state index contributed by atoms with van der Waals surface area (Å²) in [6.45, 7) is 2.11. The van der Waals surface area contributed by atoms with Crippen molar-refractivity contribution in [2.75, 3.05) is 11.9 Å². The van der Waals surface area contributed by atoms with Gasteiger partial charge in [-0.15, -0.1) is 0 Å². The van der Waals surface area contributed by atoms with Gasteiger partial charge in [0.2, 0.25) is 15.9 Å². The van der Waals surface area contributed by atoms with E-state index in [1.54, 1.807) is 24.3 Å². The maximum absolute atomic E-state index is 12.9. The predicted octanol–water partition coefficient (Wildman–Crippen LogP) is 2.49. The third-order valence-electron chi connectivity index (χ3n) is 4.55. The van der Waals surface area contributed by atoms with Gasteiger partial charge in [-0.1, -0.05) is 29.8 Å². The van der Waals surface area contributed by atoms with Crippen molar-refractivity contribution in [2.24, 2.45) is 0 Å². The molecule has 1 aliphatic rings. The molecule has 2 N–H and O–H groups in total. The molecule has 1 heterocycles. The Labute approximate surface area is 157 Å². The Kier molecular flexibility index (Phi) is 5.29. The number of hydrogen-bond donors (Lipinski definition) is 2. The molecule has 1 saturated heterocycles. The summed E-state index contributed by atoms with van der Waals surface area (Å²) in [5, 5.41) is 11.8. The molecule has 0 radical (unpaired) electrons. The molecule has 7 nitrogen and oxygen atoms in total. The number of nitrogens with zero attached hydrogens (tertiary/aromatic N) is 1. The van der Waals surface area contributed by atoms with Crippen LogP contribution in [0.15, 0.2) is 53.4 Å². The number of aryl methyl sites for hydroxylation is 1. The van der Waals surface area contributed by atoms with Crippen LogP contribution in [-0.2, 0) is 14.8 Å². The first-order valence-electron chi connectivity index (χ1n) is 8.52. The van der Waals surface area contributed by atoms with E-state index in [9.17, 15) is 23.1 Å². The molecule has 0 unspecified atom stereocenters. The van der Waals surface area contributed by atoms with E-state index in [2.05, 4.69) is 5.32 Å². The molecule has 0 spiro atoms. The number of benzene rings is 2. The number of aromatic carboxylic acids is 1. The van der Waals surface area contributed by atoms with Gasteiger partial charge in [-0.2, -0.15) is 4.31 Å². The lowest BCUT2D eigenvalue weighted by Crippen LogP contribution is -2.43. The minimum atomic E-state index is -3.81. The Morgan fingerprint density at radius 3 is 2.44 bits per heavy atom. The third-order valence-corrected chi connectivity index (χ3v) is 6.47. The van der Waals surface area contributed by atoms with Crippen LogP contribution in [0.25, 0.3) is 0 Å². The third kappa shape index (κ3) is 3.86. The maximum Gasteiger partial charge on any atom is 0.337 e. The highest BCUT2D eigenvalue weighted by atomic mass is 32.2. The summed E-state index contributed by atoms with van der Waals surface area (Å²) < 4.78 is 27.1. The molecule has 0 bridgehead atoms. The molecule has 3 rings (SSSR count). The number of carbonyl (C=O) groups is 2. The number of carbonyl (C=O) groups excluding carboxylic acids is 1. The second kappa shape index (κ2) is 7.50. The fourth-order valence-electron chi connectivity index (χ4n) is 3.13. The summed E-state index contributed by atoms with van der Waals surface area (Å²) in [6, 6.07) is 11.6. The highest BCUT2D eigenvalue weighted by molar-refractivity contribution is 7.89. The van der Waals surface area contributed by atoms with Gasteiger partial charge in [0.05, 0.1) is 16.1 Å². The van der Waals surface area contributed by atoms with Crippen LogP contribution in [0.5, 0.6) is 0 Å². The van der Waals surface area contributed by atoms with E-state index in [0.29, 0.717) is 12.8 Å². The first kappa shape index (κ1) is 19.1. The molecule has 1 atom stereocenters. The molecule has 1 amide bonds. The molecular weight excluding hydrogens is 368 g/mol. The summed E-state index contributed by atoms with van der Waals surface area (Å²) in [7, 11) is -3.81. The molecule has 1 fully saturated rings. The van der Waals surface area contributed by atoms with E-state index in [4.69, 9.17) is 0 Å². The average molecular weight is 388 g/mol. The smallest absolute Gasteiger partial charge is 0.337 e. The molecule has 0 aromatic heterocycles. The molecule has 142 valence electrons. The fourth-order valence-corrected chi connectivity index (χ4v) is 4.79. The number of para-hydroxylation sites is 1. The van der Waals surface area contributed by atoms with E-state index < -0.39 is 27.9 Å². The topological polar surface area (TPSA) is 104 Å². The van der Waals surface area contributed by atoms with Crippen LogP contribution in [0.3, 0.4) is 0 Å². The van der Waals surface area contributed by atoms with E-state index in [0.717, 1.165) is 5.56 Å². The molecule has 1 aliphatic heterocycles. The van der Waals surface area contributed by atoms with Crippen molar-refractivity contribution in [2.45, 2.75) is 30.7 Å². The molecule has 0 aliphatic carbocycles. The van der Waals surface area contributed by atoms with Crippen LogP contribution in [0.1, 0.15) is 28.8 Å². The summed E-state index contributed by atoms with van der Waals surface area (Å²) in [4.78, 5) is 24.2. The van der Waals surface area contributed by atoms with Crippen molar-refractivity contribution in [3.8, 4) is 0 Å². The number of rotatable bonds is 5. The predicted molar refractivity (Wildman–Crippen MR) is 100 cm³/mol. The Morgan fingerprint density at radius 2 is 1.78 bits per heavy atom. The van der Waals surface area contributed by atoms with Crippen molar-refractivity contribution < 1.29 is 23.1 Å². The van der Waals surface area contributed by atoms with Crippen LogP contribution >= 0.6 is 0 Å². The van der Waals surface area contributed by atoms with Crippen molar-refractivity contribution in [3.05, 3.63) is 59.7 Å². The Morgan fingerprint density at radius 1 is 1.11 bits per heavy atom. The number of nitrogens with one attached hydrogen (secondary N) is 1. The molecule has 27 heavy (non-hydrogen) atoms. The van der Waals surface area contributed by atoms with Crippen LogP contribution in [0, 0.1) is 6.92 Å². The average Bonchev–Trinajstić information content (AvgIpc) is 3.13. The van der Waals surface area contributed by atoms with E-state index in [1.165, 1.54) is 28.6 Å². The lowest BCUT2D eigenvalue weighted by molar-refractivity contribution is -0.119. The Bertz CT molecular complexity index is 970. The summed E-state index contributed by atoms with van der Waals surface area (Å²) >= 11 is 0. The van der Waals surface area contributed by atoms with Gasteiger partial charge in [-0.05, 0) is 44.0 Å².